The number of hydrogen-bond acceptors (Lipinski definition) is 4. The number of nitrogens with zero attached hydrogens (tertiary/aromatic N) is 2. The minimum atomic E-state index is -0.589. The summed E-state index contributed by atoms with van der Waals surface area (Å²) >= 11 is 3.64. The topological polar surface area (TPSA) is 47.6 Å². The zero-order valence-electron chi connectivity index (χ0n) is 11.4. The molecular weight excluding hydrogens is 284 g/mol. The van der Waals surface area contributed by atoms with Crippen molar-refractivity contribution in [2.45, 2.75) is 32.6 Å². The van der Waals surface area contributed by atoms with E-state index in [1.165, 1.54) is 30.6 Å². The highest BCUT2D eigenvalue weighted by molar-refractivity contribution is 7.22. The van der Waals surface area contributed by atoms with E-state index in [9.17, 15) is 10.5 Å². The second kappa shape index (κ2) is 5.05. The summed E-state index contributed by atoms with van der Waals surface area (Å²) in [6.45, 7) is 4.30. The Morgan fingerprint density at radius 3 is 1.80 bits per heavy atom. The third-order valence-corrected chi connectivity index (χ3v) is 6.56. The van der Waals surface area contributed by atoms with Crippen LogP contribution in [0.15, 0.2) is 12.1 Å². The van der Waals surface area contributed by atoms with Gasteiger partial charge in [-0.1, -0.05) is 13.8 Å². The monoisotopic (exact) mass is 298 g/mol. The predicted molar refractivity (Wildman–Crippen MR) is 82.9 cm³/mol. The molecule has 2 aromatic heterocycles. The van der Waals surface area contributed by atoms with Crippen LogP contribution in [0.25, 0.3) is 9.75 Å². The van der Waals surface area contributed by atoms with Gasteiger partial charge in [-0.2, -0.15) is 10.5 Å². The van der Waals surface area contributed by atoms with Gasteiger partial charge in [-0.25, -0.2) is 0 Å². The average molecular weight is 298 g/mol. The van der Waals surface area contributed by atoms with E-state index < -0.39 is 5.92 Å². The first-order chi connectivity index (χ1) is 9.73. The van der Waals surface area contributed by atoms with Crippen LogP contribution in [-0.4, -0.2) is 0 Å². The van der Waals surface area contributed by atoms with Crippen LogP contribution in [0.3, 0.4) is 0 Å². The number of fused-ring (bicyclic) bond motifs is 3. The third-order valence-electron chi connectivity index (χ3n) is 3.81. The highest BCUT2D eigenvalue weighted by Gasteiger charge is 2.38. The normalized spacial score (nSPS) is 13.1. The van der Waals surface area contributed by atoms with Crippen molar-refractivity contribution in [3.8, 4) is 21.9 Å². The maximum Gasteiger partial charge on any atom is 0.144 e. The lowest BCUT2D eigenvalue weighted by atomic mass is 9.87. The fraction of sp³-hybridized carbons (Fsp3) is 0.375. The van der Waals surface area contributed by atoms with Crippen LogP contribution in [0.2, 0.25) is 0 Å². The van der Waals surface area contributed by atoms with E-state index in [1.807, 2.05) is 22.7 Å². The molecule has 1 aliphatic rings. The summed E-state index contributed by atoms with van der Waals surface area (Å²) in [5.41, 5.74) is 2.40. The summed E-state index contributed by atoms with van der Waals surface area (Å²) in [6.07, 6.45) is 2.02. The zero-order valence-corrected chi connectivity index (χ0v) is 13.1. The summed E-state index contributed by atoms with van der Waals surface area (Å²) < 4.78 is 0. The van der Waals surface area contributed by atoms with E-state index in [0.717, 1.165) is 12.8 Å². The first-order valence-electron chi connectivity index (χ1n) is 6.78. The minimum absolute atomic E-state index is 0.0527. The predicted octanol–water partition coefficient (Wildman–Crippen LogP) is 4.71. The molecule has 3 rings (SSSR count). The smallest absolute Gasteiger partial charge is 0.144 e. The minimum Gasteiger partial charge on any atom is -0.197 e. The molecule has 0 saturated heterocycles. The van der Waals surface area contributed by atoms with Crippen molar-refractivity contribution < 1.29 is 0 Å². The summed E-state index contributed by atoms with van der Waals surface area (Å²) in [5, 5.41) is 18.6. The molecule has 0 N–H and O–H groups in total. The van der Waals surface area contributed by atoms with Gasteiger partial charge >= 0.3 is 0 Å². The van der Waals surface area contributed by atoms with E-state index in [1.54, 1.807) is 0 Å². The van der Waals surface area contributed by atoms with Crippen molar-refractivity contribution in [1.82, 2.24) is 0 Å². The van der Waals surface area contributed by atoms with E-state index in [4.69, 9.17) is 0 Å². The Labute approximate surface area is 126 Å². The van der Waals surface area contributed by atoms with Crippen molar-refractivity contribution in [3.63, 3.8) is 0 Å². The summed E-state index contributed by atoms with van der Waals surface area (Å²) in [7, 11) is 0. The van der Waals surface area contributed by atoms with Crippen molar-refractivity contribution >= 4 is 22.7 Å². The van der Waals surface area contributed by atoms with Crippen LogP contribution in [0.1, 0.15) is 40.6 Å². The number of aryl methyl sites for hydroxylation is 2. The molecule has 0 bridgehead atoms. The Hall–Kier alpha value is -1.62. The van der Waals surface area contributed by atoms with E-state index >= 15 is 0 Å². The molecule has 4 heteroatoms. The molecule has 20 heavy (non-hydrogen) atoms. The Kier molecular flexibility index (Phi) is 3.38. The van der Waals surface area contributed by atoms with Crippen LogP contribution in [0.5, 0.6) is 0 Å². The second-order valence-corrected chi connectivity index (χ2v) is 7.19. The SMILES string of the molecule is CCc1cc2c(s1)-c1sc(CC)cc1C2C(C#N)C#N. The van der Waals surface area contributed by atoms with Crippen molar-refractivity contribution in [1.29, 1.82) is 10.5 Å². The van der Waals surface area contributed by atoms with Gasteiger partial charge in [0.1, 0.15) is 5.92 Å². The highest BCUT2D eigenvalue weighted by Crippen LogP contribution is 2.55. The molecule has 0 saturated carbocycles. The molecule has 100 valence electrons. The lowest BCUT2D eigenvalue weighted by molar-refractivity contribution is 0.726. The van der Waals surface area contributed by atoms with Gasteiger partial charge in [0.15, 0.2) is 0 Å². The molecular formula is C16H14N2S2. The first kappa shape index (κ1) is 13.4. The Morgan fingerprint density at radius 1 is 1.00 bits per heavy atom. The molecule has 0 unspecified atom stereocenters. The van der Waals surface area contributed by atoms with Gasteiger partial charge in [0.25, 0.3) is 0 Å². The number of rotatable bonds is 3. The zero-order chi connectivity index (χ0) is 14.3. The maximum absolute atomic E-state index is 9.30. The van der Waals surface area contributed by atoms with Gasteiger partial charge in [0.05, 0.1) is 12.1 Å². The fourth-order valence-electron chi connectivity index (χ4n) is 2.79. The lowest BCUT2D eigenvalue weighted by Gasteiger charge is -2.11. The van der Waals surface area contributed by atoms with E-state index in [0.29, 0.717) is 0 Å². The molecule has 2 nitrogen and oxygen atoms in total. The van der Waals surface area contributed by atoms with Crippen molar-refractivity contribution in [2.75, 3.05) is 0 Å². The Balaban J connectivity index is 2.21. The molecule has 0 aromatic carbocycles. The quantitative estimate of drug-likeness (QED) is 0.823. The molecule has 0 atom stereocenters. The van der Waals surface area contributed by atoms with Gasteiger partial charge in [0.2, 0.25) is 0 Å². The van der Waals surface area contributed by atoms with Crippen molar-refractivity contribution in [3.05, 3.63) is 33.0 Å². The van der Waals surface area contributed by atoms with E-state index in [-0.39, 0.29) is 5.92 Å². The van der Waals surface area contributed by atoms with Crippen LogP contribution < -0.4 is 0 Å². The van der Waals surface area contributed by atoms with Gasteiger partial charge in [-0.05, 0) is 36.1 Å². The maximum atomic E-state index is 9.30. The standard InChI is InChI=1S/C16H14N2S2/c1-3-10-5-12-14(9(7-17)8-18)13-6-11(4-2)20-16(13)15(12)19-10/h5-6,9,14H,3-4H2,1-2H3. The second-order valence-electron chi connectivity index (χ2n) is 4.92. The van der Waals surface area contributed by atoms with Crippen LogP contribution >= 0.6 is 22.7 Å². The van der Waals surface area contributed by atoms with Gasteiger partial charge in [-0.3, -0.25) is 0 Å². The fourth-order valence-corrected chi connectivity index (χ4v) is 5.25. The summed E-state index contributed by atoms with van der Waals surface area (Å²) in [5.74, 6) is -0.642. The molecule has 2 aromatic rings. The highest BCUT2D eigenvalue weighted by atomic mass is 32.1. The number of thiophene rings is 2. The van der Waals surface area contributed by atoms with Gasteiger partial charge < -0.3 is 0 Å². The van der Waals surface area contributed by atoms with Crippen LogP contribution in [-0.2, 0) is 12.8 Å². The molecule has 0 spiro atoms. The number of hydrogen-bond donors (Lipinski definition) is 0. The van der Waals surface area contributed by atoms with E-state index in [2.05, 4.69) is 38.1 Å². The van der Waals surface area contributed by atoms with Gasteiger partial charge in [-0.15, -0.1) is 22.7 Å². The molecule has 0 aliphatic heterocycles. The number of nitriles is 2. The molecule has 0 fully saturated rings. The Morgan fingerprint density at radius 2 is 1.45 bits per heavy atom. The lowest BCUT2D eigenvalue weighted by Crippen LogP contribution is -2.07. The van der Waals surface area contributed by atoms with Gasteiger partial charge in [0, 0.05) is 25.4 Å². The largest absolute Gasteiger partial charge is 0.197 e. The molecule has 0 amide bonds. The summed E-state index contributed by atoms with van der Waals surface area (Å²) in [6, 6.07) is 8.75. The first-order valence-corrected chi connectivity index (χ1v) is 8.41. The Bertz CT molecular complexity index is 677. The summed E-state index contributed by atoms with van der Waals surface area (Å²) in [4.78, 5) is 5.27. The molecule has 0 radical (unpaired) electrons. The average Bonchev–Trinajstić information content (AvgIpc) is 3.12. The third kappa shape index (κ3) is 1.80. The molecule has 1 aliphatic carbocycles. The molecule has 2 heterocycles. The van der Waals surface area contributed by atoms with Crippen LogP contribution in [0, 0.1) is 28.6 Å². The van der Waals surface area contributed by atoms with Crippen molar-refractivity contribution in [2.24, 2.45) is 5.92 Å². The van der Waals surface area contributed by atoms with Crippen LogP contribution in [0.4, 0.5) is 0 Å².